The molecule has 0 saturated heterocycles. The molecule has 30 heavy (non-hydrogen) atoms. The van der Waals surface area contributed by atoms with Crippen LogP contribution >= 0.6 is 0 Å². The van der Waals surface area contributed by atoms with Crippen LogP contribution in [0.2, 0.25) is 0 Å². The number of benzene rings is 3. The van der Waals surface area contributed by atoms with Gasteiger partial charge in [-0.05, 0) is 48.2 Å². The fourth-order valence-electron chi connectivity index (χ4n) is 3.69. The summed E-state index contributed by atoms with van der Waals surface area (Å²) in [5.74, 6) is 1.33. The van der Waals surface area contributed by atoms with Crippen molar-refractivity contribution in [3.8, 4) is 11.5 Å². The largest absolute Gasteiger partial charge is 0.455 e. The van der Waals surface area contributed by atoms with Crippen LogP contribution in [0.15, 0.2) is 64.8 Å². The molecule has 5 rings (SSSR count). The van der Waals surface area contributed by atoms with Crippen LogP contribution in [-0.2, 0) is 12.8 Å². The zero-order valence-corrected chi connectivity index (χ0v) is 16.1. The van der Waals surface area contributed by atoms with Gasteiger partial charge in [0.1, 0.15) is 11.4 Å². The molecule has 0 bridgehead atoms. The zero-order chi connectivity index (χ0) is 20.5. The summed E-state index contributed by atoms with van der Waals surface area (Å²) in [6.45, 7) is 1.82. The van der Waals surface area contributed by atoms with Gasteiger partial charge in [-0.2, -0.15) is 5.11 Å². The van der Waals surface area contributed by atoms with E-state index in [0.717, 1.165) is 48.6 Å². The number of non-ortho nitro benzene ring substituents is 1. The predicted octanol–water partition coefficient (Wildman–Crippen LogP) is 5.74. The Morgan fingerprint density at radius 1 is 0.867 bits per heavy atom. The first-order valence-corrected chi connectivity index (χ1v) is 9.77. The molecule has 2 heterocycles. The number of fused-ring (bicyclic) bond motifs is 2. The van der Waals surface area contributed by atoms with Crippen molar-refractivity contribution in [2.24, 2.45) is 10.2 Å². The van der Waals surface area contributed by atoms with Gasteiger partial charge in [-0.25, -0.2) is 0 Å². The Hall–Kier alpha value is -3.94. The molecule has 150 valence electrons. The SMILES string of the molecule is O=[N+]([O-])c1ccc(/N=N/c2cc3c(cc2Oc2ccc4c(c2)NCC4)NCC3)cc1. The smallest absolute Gasteiger partial charge is 0.269 e. The highest BCUT2D eigenvalue weighted by atomic mass is 16.6. The zero-order valence-electron chi connectivity index (χ0n) is 16.1. The quantitative estimate of drug-likeness (QED) is 0.323. The topological polar surface area (TPSA) is 101 Å². The third-order valence-corrected chi connectivity index (χ3v) is 5.25. The number of ether oxygens (including phenoxy) is 1. The molecule has 3 aromatic rings. The standard InChI is InChI=1S/C22H19N5O3/c28-27(29)17-4-2-16(3-5-17)25-26-21-11-15-8-10-24-20(15)13-22(21)30-18-6-1-14-7-9-23-19(14)12-18/h1-6,11-13,23-24H,7-10H2/b26-25+. The lowest BCUT2D eigenvalue weighted by atomic mass is 10.1. The molecule has 0 atom stereocenters. The molecule has 0 unspecified atom stereocenters. The minimum atomic E-state index is -0.439. The molecule has 0 aliphatic carbocycles. The molecule has 2 aliphatic heterocycles. The minimum Gasteiger partial charge on any atom is -0.455 e. The number of nitro benzene ring substituents is 1. The second kappa shape index (κ2) is 7.47. The number of hydrogen-bond acceptors (Lipinski definition) is 7. The highest BCUT2D eigenvalue weighted by Crippen LogP contribution is 2.40. The van der Waals surface area contributed by atoms with Crippen molar-refractivity contribution in [2.45, 2.75) is 12.8 Å². The van der Waals surface area contributed by atoms with E-state index in [4.69, 9.17) is 4.74 Å². The van der Waals surface area contributed by atoms with E-state index in [2.05, 4.69) is 26.9 Å². The van der Waals surface area contributed by atoms with Gasteiger partial charge in [-0.3, -0.25) is 10.1 Å². The Bertz CT molecular complexity index is 1160. The number of hydrogen-bond donors (Lipinski definition) is 2. The van der Waals surface area contributed by atoms with Crippen LogP contribution in [0.25, 0.3) is 0 Å². The molecule has 8 nitrogen and oxygen atoms in total. The van der Waals surface area contributed by atoms with Crippen molar-refractivity contribution in [1.29, 1.82) is 0 Å². The van der Waals surface area contributed by atoms with Crippen LogP contribution in [0.1, 0.15) is 11.1 Å². The summed E-state index contributed by atoms with van der Waals surface area (Å²) in [5, 5.41) is 26.2. The van der Waals surface area contributed by atoms with Gasteiger partial charge in [0.25, 0.3) is 5.69 Å². The molecule has 2 aliphatic rings. The molecule has 0 saturated carbocycles. The Labute approximate surface area is 172 Å². The van der Waals surface area contributed by atoms with E-state index in [9.17, 15) is 10.1 Å². The predicted molar refractivity (Wildman–Crippen MR) is 115 cm³/mol. The highest BCUT2D eigenvalue weighted by Gasteiger charge is 2.17. The fourth-order valence-corrected chi connectivity index (χ4v) is 3.69. The van der Waals surface area contributed by atoms with Crippen LogP contribution < -0.4 is 15.4 Å². The Morgan fingerprint density at radius 3 is 2.37 bits per heavy atom. The maximum Gasteiger partial charge on any atom is 0.269 e. The van der Waals surface area contributed by atoms with Crippen molar-refractivity contribution in [1.82, 2.24) is 0 Å². The van der Waals surface area contributed by atoms with E-state index < -0.39 is 4.92 Å². The van der Waals surface area contributed by atoms with E-state index in [1.54, 1.807) is 12.1 Å². The summed E-state index contributed by atoms with van der Waals surface area (Å²) in [6, 6.07) is 15.9. The summed E-state index contributed by atoms with van der Waals surface area (Å²) in [7, 11) is 0. The number of anilines is 2. The number of azo groups is 1. The van der Waals surface area contributed by atoms with Gasteiger partial charge in [0.05, 0.1) is 10.6 Å². The van der Waals surface area contributed by atoms with E-state index in [1.807, 2.05) is 24.3 Å². The first-order chi connectivity index (χ1) is 14.7. The molecule has 0 amide bonds. The monoisotopic (exact) mass is 401 g/mol. The Kier molecular flexibility index (Phi) is 4.51. The van der Waals surface area contributed by atoms with Crippen molar-refractivity contribution >= 4 is 28.4 Å². The maximum atomic E-state index is 10.8. The van der Waals surface area contributed by atoms with E-state index in [0.29, 0.717) is 17.1 Å². The van der Waals surface area contributed by atoms with Crippen LogP contribution in [-0.4, -0.2) is 18.0 Å². The summed E-state index contributed by atoms with van der Waals surface area (Å²) in [6.07, 6.45) is 1.94. The molecule has 0 fully saturated rings. The molecule has 3 aromatic carbocycles. The van der Waals surface area contributed by atoms with Crippen LogP contribution in [0, 0.1) is 10.1 Å². The second-order valence-corrected chi connectivity index (χ2v) is 7.23. The molecular formula is C22H19N5O3. The summed E-state index contributed by atoms with van der Waals surface area (Å²) < 4.78 is 6.18. The van der Waals surface area contributed by atoms with Crippen molar-refractivity contribution in [3.63, 3.8) is 0 Å². The van der Waals surface area contributed by atoms with Gasteiger partial charge in [0.15, 0.2) is 5.75 Å². The lowest BCUT2D eigenvalue weighted by Crippen LogP contribution is -1.92. The van der Waals surface area contributed by atoms with Gasteiger partial charge in [-0.1, -0.05) is 6.07 Å². The Balaban J connectivity index is 1.45. The maximum absolute atomic E-state index is 10.8. The third-order valence-electron chi connectivity index (χ3n) is 5.25. The highest BCUT2D eigenvalue weighted by molar-refractivity contribution is 5.69. The van der Waals surface area contributed by atoms with E-state index >= 15 is 0 Å². The number of rotatable bonds is 5. The third kappa shape index (κ3) is 3.55. The summed E-state index contributed by atoms with van der Waals surface area (Å²) in [5.41, 5.74) is 5.76. The number of nitrogens with one attached hydrogen (secondary N) is 2. The lowest BCUT2D eigenvalue weighted by Gasteiger charge is -2.12. The summed E-state index contributed by atoms with van der Waals surface area (Å²) >= 11 is 0. The van der Waals surface area contributed by atoms with E-state index in [-0.39, 0.29) is 5.69 Å². The lowest BCUT2D eigenvalue weighted by molar-refractivity contribution is -0.384. The van der Waals surface area contributed by atoms with Gasteiger partial charge in [0.2, 0.25) is 0 Å². The van der Waals surface area contributed by atoms with Crippen molar-refractivity contribution in [2.75, 3.05) is 23.7 Å². The minimum absolute atomic E-state index is 0.0202. The van der Waals surface area contributed by atoms with Gasteiger partial charge in [-0.15, -0.1) is 5.11 Å². The molecule has 2 N–H and O–H groups in total. The summed E-state index contributed by atoms with van der Waals surface area (Å²) in [4.78, 5) is 10.4. The number of nitrogens with zero attached hydrogens (tertiary/aromatic N) is 3. The van der Waals surface area contributed by atoms with Crippen LogP contribution in [0.5, 0.6) is 11.5 Å². The van der Waals surface area contributed by atoms with Gasteiger partial charge in [0, 0.05) is 48.7 Å². The molecule has 8 heteroatoms. The van der Waals surface area contributed by atoms with E-state index in [1.165, 1.54) is 17.7 Å². The average molecular weight is 401 g/mol. The molecular weight excluding hydrogens is 382 g/mol. The molecule has 0 aromatic heterocycles. The molecule has 0 spiro atoms. The Morgan fingerprint density at radius 2 is 1.60 bits per heavy atom. The van der Waals surface area contributed by atoms with Crippen molar-refractivity contribution < 1.29 is 9.66 Å². The average Bonchev–Trinajstić information content (AvgIpc) is 3.40. The van der Waals surface area contributed by atoms with Gasteiger partial charge >= 0.3 is 0 Å². The first kappa shape index (κ1) is 18.1. The normalized spacial score (nSPS) is 14.1. The van der Waals surface area contributed by atoms with Gasteiger partial charge < -0.3 is 15.4 Å². The first-order valence-electron chi connectivity index (χ1n) is 9.77. The van der Waals surface area contributed by atoms with Crippen LogP contribution in [0.4, 0.5) is 28.4 Å². The van der Waals surface area contributed by atoms with Crippen molar-refractivity contribution in [3.05, 3.63) is 75.8 Å². The van der Waals surface area contributed by atoms with Crippen LogP contribution in [0.3, 0.4) is 0 Å². The second-order valence-electron chi connectivity index (χ2n) is 7.23. The number of nitro groups is 1. The molecule has 0 radical (unpaired) electrons. The fraction of sp³-hybridized carbons (Fsp3) is 0.182.